The van der Waals surface area contributed by atoms with Crippen molar-refractivity contribution in [3.05, 3.63) is 30.1 Å². The summed E-state index contributed by atoms with van der Waals surface area (Å²) < 4.78 is 38.9. The van der Waals surface area contributed by atoms with Crippen molar-refractivity contribution in [2.75, 3.05) is 0 Å². The van der Waals surface area contributed by atoms with E-state index in [1.807, 2.05) is 6.92 Å². The van der Waals surface area contributed by atoms with Gasteiger partial charge in [-0.15, -0.1) is 0 Å². The molecule has 0 heterocycles. The van der Waals surface area contributed by atoms with Crippen LogP contribution in [0.2, 0.25) is 0 Å². The second-order valence-corrected chi connectivity index (χ2v) is 5.90. The Hall–Kier alpha value is -0.980. The summed E-state index contributed by atoms with van der Waals surface area (Å²) >= 11 is 0. The van der Waals surface area contributed by atoms with Crippen molar-refractivity contribution >= 4 is 10.0 Å². The predicted molar refractivity (Wildman–Crippen MR) is 64.4 cm³/mol. The van der Waals surface area contributed by atoms with Crippen LogP contribution in [0.15, 0.2) is 29.2 Å². The van der Waals surface area contributed by atoms with Crippen LogP contribution in [0.3, 0.4) is 0 Å². The maximum atomic E-state index is 12.7. The van der Waals surface area contributed by atoms with Crippen LogP contribution in [0.1, 0.15) is 20.3 Å². The molecule has 1 rings (SSSR count). The molecule has 1 aromatic rings. The Labute approximate surface area is 101 Å². The molecule has 0 saturated heterocycles. The number of nitrogens with one attached hydrogen (secondary N) is 1. The first kappa shape index (κ1) is 14.1. The average molecular weight is 260 g/mol. The molecule has 1 aromatic carbocycles. The van der Waals surface area contributed by atoms with E-state index in [9.17, 15) is 12.8 Å². The third-order valence-electron chi connectivity index (χ3n) is 2.21. The van der Waals surface area contributed by atoms with Gasteiger partial charge in [0.25, 0.3) is 0 Å². The van der Waals surface area contributed by atoms with Gasteiger partial charge < -0.3 is 5.73 Å². The molecule has 0 amide bonds. The Balaban J connectivity index is 2.78. The van der Waals surface area contributed by atoms with Crippen molar-refractivity contribution in [2.24, 2.45) is 5.73 Å². The fourth-order valence-corrected chi connectivity index (χ4v) is 2.81. The van der Waals surface area contributed by atoms with Gasteiger partial charge in [-0.25, -0.2) is 17.5 Å². The Morgan fingerprint density at radius 1 is 1.29 bits per heavy atom. The van der Waals surface area contributed by atoms with Crippen LogP contribution in [-0.2, 0) is 10.0 Å². The van der Waals surface area contributed by atoms with E-state index in [0.717, 1.165) is 12.1 Å². The molecule has 0 bridgehead atoms. The molecule has 2 atom stereocenters. The average Bonchev–Trinajstić information content (AvgIpc) is 2.15. The molecule has 0 aliphatic carbocycles. The highest BCUT2D eigenvalue weighted by molar-refractivity contribution is 7.89. The van der Waals surface area contributed by atoms with Crippen LogP contribution in [-0.4, -0.2) is 20.5 Å². The van der Waals surface area contributed by atoms with E-state index >= 15 is 0 Å². The maximum absolute atomic E-state index is 12.7. The number of sulfonamides is 1. The number of benzene rings is 1. The lowest BCUT2D eigenvalue weighted by Crippen LogP contribution is -2.36. The molecule has 4 nitrogen and oxygen atoms in total. The number of rotatable bonds is 5. The Bertz CT molecular complexity index is 457. The number of nitrogens with two attached hydrogens (primary N) is 1. The van der Waals surface area contributed by atoms with Gasteiger partial charge in [0.15, 0.2) is 0 Å². The van der Waals surface area contributed by atoms with Crippen LogP contribution in [0.5, 0.6) is 0 Å². The van der Waals surface area contributed by atoms with Gasteiger partial charge in [-0.1, -0.05) is 0 Å². The minimum Gasteiger partial charge on any atom is -0.328 e. The van der Waals surface area contributed by atoms with E-state index in [2.05, 4.69) is 4.72 Å². The van der Waals surface area contributed by atoms with E-state index in [1.54, 1.807) is 6.92 Å². The first-order chi connectivity index (χ1) is 7.81. The normalized spacial score (nSPS) is 15.5. The minimum absolute atomic E-state index is 0.0513. The largest absolute Gasteiger partial charge is 0.328 e. The summed E-state index contributed by atoms with van der Waals surface area (Å²) in [6.07, 6.45) is 0.542. The zero-order chi connectivity index (χ0) is 13.1. The van der Waals surface area contributed by atoms with Crippen molar-refractivity contribution in [2.45, 2.75) is 37.2 Å². The van der Waals surface area contributed by atoms with Gasteiger partial charge in [-0.05, 0) is 44.5 Å². The fraction of sp³-hybridized carbons (Fsp3) is 0.455. The zero-order valence-corrected chi connectivity index (χ0v) is 10.7. The highest BCUT2D eigenvalue weighted by Gasteiger charge is 2.17. The summed E-state index contributed by atoms with van der Waals surface area (Å²) in [5.74, 6) is -0.465. The molecule has 96 valence electrons. The third kappa shape index (κ3) is 4.41. The Kier molecular flexibility index (Phi) is 4.62. The SMILES string of the molecule is CC(N)CC(C)NS(=O)(=O)c1ccc(F)cc1. The summed E-state index contributed by atoms with van der Waals surface area (Å²) in [6, 6.07) is 4.35. The first-order valence-electron chi connectivity index (χ1n) is 5.35. The van der Waals surface area contributed by atoms with Gasteiger partial charge in [-0.3, -0.25) is 0 Å². The molecular formula is C11H17FN2O2S. The molecule has 3 N–H and O–H groups in total. The van der Waals surface area contributed by atoms with Gasteiger partial charge in [0.2, 0.25) is 10.0 Å². The molecule has 0 saturated carbocycles. The number of hydrogen-bond donors (Lipinski definition) is 2. The zero-order valence-electron chi connectivity index (χ0n) is 9.85. The van der Waals surface area contributed by atoms with Gasteiger partial charge in [0, 0.05) is 12.1 Å². The van der Waals surface area contributed by atoms with Crippen molar-refractivity contribution in [1.82, 2.24) is 4.72 Å². The smallest absolute Gasteiger partial charge is 0.240 e. The van der Waals surface area contributed by atoms with Crippen LogP contribution in [0, 0.1) is 5.82 Å². The summed E-state index contributed by atoms with van der Waals surface area (Å²) in [7, 11) is -3.59. The van der Waals surface area contributed by atoms with Crippen LogP contribution < -0.4 is 10.5 Å². The molecule has 0 radical (unpaired) electrons. The molecule has 0 aliphatic rings. The maximum Gasteiger partial charge on any atom is 0.240 e. The Morgan fingerprint density at radius 3 is 2.29 bits per heavy atom. The van der Waals surface area contributed by atoms with E-state index in [0.29, 0.717) is 6.42 Å². The topological polar surface area (TPSA) is 72.2 Å². The van der Waals surface area contributed by atoms with Crippen molar-refractivity contribution in [1.29, 1.82) is 0 Å². The van der Waals surface area contributed by atoms with E-state index in [4.69, 9.17) is 5.73 Å². The fourth-order valence-electron chi connectivity index (χ4n) is 1.55. The minimum atomic E-state index is -3.59. The number of hydrogen-bond acceptors (Lipinski definition) is 3. The second kappa shape index (κ2) is 5.57. The molecule has 0 aliphatic heterocycles. The molecule has 17 heavy (non-hydrogen) atoms. The lowest BCUT2D eigenvalue weighted by molar-refractivity contribution is 0.519. The molecular weight excluding hydrogens is 243 g/mol. The molecule has 2 unspecified atom stereocenters. The standard InChI is InChI=1S/C11H17FN2O2S/c1-8(13)7-9(2)14-17(15,16)11-5-3-10(12)4-6-11/h3-6,8-9,14H,7,13H2,1-2H3. The van der Waals surface area contributed by atoms with Crippen molar-refractivity contribution in [3.63, 3.8) is 0 Å². The van der Waals surface area contributed by atoms with E-state index in [-0.39, 0.29) is 17.0 Å². The van der Waals surface area contributed by atoms with Gasteiger partial charge in [-0.2, -0.15) is 0 Å². The van der Waals surface area contributed by atoms with E-state index < -0.39 is 15.8 Å². The summed E-state index contributed by atoms with van der Waals surface area (Å²) in [4.78, 5) is 0.0513. The predicted octanol–water partition coefficient (Wildman–Crippen LogP) is 1.23. The van der Waals surface area contributed by atoms with Gasteiger partial charge >= 0.3 is 0 Å². The van der Waals surface area contributed by atoms with Crippen LogP contribution in [0.4, 0.5) is 4.39 Å². The lowest BCUT2D eigenvalue weighted by atomic mass is 10.1. The van der Waals surface area contributed by atoms with Crippen molar-refractivity contribution < 1.29 is 12.8 Å². The van der Waals surface area contributed by atoms with Gasteiger partial charge in [0.05, 0.1) is 4.90 Å². The first-order valence-corrected chi connectivity index (χ1v) is 6.83. The summed E-state index contributed by atoms with van der Waals surface area (Å²) in [5, 5.41) is 0. The van der Waals surface area contributed by atoms with Crippen LogP contribution >= 0.6 is 0 Å². The quantitative estimate of drug-likeness (QED) is 0.836. The summed E-state index contributed by atoms with van der Waals surface area (Å²) in [5.41, 5.74) is 5.59. The lowest BCUT2D eigenvalue weighted by Gasteiger charge is -2.16. The highest BCUT2D eigenvalue weighted by Crippen LogP contribution is 2.11. The molecule has 0 aromatic heterocycles. The van der Waals surface area contributed by atoms with Crippen LogP contribution in [0.25, 0.3) is 0 Å². The van der Waals surface area contributed by atoms with Crippen molar-refractivity contribution in [3.8, 4) is 0 Å². The second-order valence-electron chi connectivity index (χ2n) is 4.19. The Morgan fingerprint density at radius 2 is 1.82 bits per heavy atom. The number of halogens is 1. The summed E-state index contributed by atoms with van der Waals surface area (Å²) in [6.45, 7) is 3.55. The monoisotopic (exact) mass is 260 g/mol. The molecule has 0 fully saturated rings. The third-order valence-corrected chi connectivity index (χ3v) is 3.81. The molecule has 6 heteroatoms. The molecule has 0 spiro atoms. The highest BCUT2D eigenvalue weighted by atomic mass is 32.2. The van der Waals surface area contributed by atoms with Gasteiger partial charge in [0.1, 0.15) is 5.82 Å². The van der Waals surface area contributed by atoms with E-state index in [1.165, 1.54) is 12.1 Å².